The van der Waals surface area contributed by atoms with Gasteiger partial charge in [-0.1, -0.05) is 13.3 Å². The minimum absolute atomic E-state index is 0.604. The van der Waals surface area contributed by atoms with Gasteiger partial charge in [0, 0.05) is 37.4 Å². The molecule has 1 aliphatic heterocycles. The largest absolute Gasteiger partial charge is 0.381 e. The Bertz CT molecular complexity index is 469. The molecule has 2 heterocycles. The number of ether oxygens (including phenoxy) is 1. The van der Waals surface area contributed by atoms with Crippen LogP contribution in [0.4, 0.5) is 5.82 Å². The molecule has 1 atom stereocenters. The predicted molar refractivity (Wildman–Crippen MR) is 84.7 cm³/mol. The van der Waals surface area contributed by atoms with Gasteiger partial charge in [-0.2, -0.15) is 0 Å². The van der Waals surface area contributed by atoms with E-state index in [1.807, 2.05) is 0 Å². The Balaban J connectivity index is 1.84. The van der Waals surface area contributed by atoms with Crippen molar-refractivity contribution in [2.24, 2.45) is 5.92 Å². The number of hydrogen-bond donors (Lipinski definition) is 1. The van der Waals surface area contributed by atoms with E-state index in [4.69, 9.17) is 14.7 Å². The minimum atomic E-state index is 0.604. The van der Waals surface area contributed by atoms with Crippen LogP contribution in [0.3, 0.4) is 0 Å². The Morgan fingerprint density at radius 3 is 2.90 bits per heavy atom. The summed E-state index contributed by atoms with van der Waals surface area (Å²) in [4.78, 5) is 9.75. The van der Waals surface area contributed by atoms with E-state index >= 15 is 0 Å². The molecular weight excluding hydrogens is 262 g/mol. The van der Waals surface area contributed by atoms with Gasteiger partial charge in [0.2, 0.25) is 0 Å². The lowest BCUT2D eigenvalue weighted by Gasteiger charge is -2.15. The SMILES string of the molecule is CCCNc1nc(CC2CCOC2)nc2c1CCCCC2. The van der Waals surface area contributed by atoms with E-state index in [0.717, 1.165) is 63.5 Å². The number of hydrogen-bond acceptors (Lipinski definition) is 4. The number of nitrogens with one attached hydrogen (secondary N) is 1. The average molecular weight is 289 g/mol. The van der Waals surface area contributed by atoms with Crippen molar-refractivity contribution in [3.63, 3.8) is 0 Å². The standard InChI is InChI=1S/C17H27N3O/c1-2-9-18-17-14-6-4-3-5-7-15(14)19-16(20-17)11-13-8-10-21-12-13/h13H,2-12H2,1H3,(H,18,19,20). The van der Waals surface area contributed by atoms with Gasteiger partial charge in [0.1, 0.15) is 11.6 Å². The average Bonchev–Trinajstić information content (AvgIpc) is 2.88. The quantitative estimate of drug-likeness (QED) is 0.846. The van der Waals surface area contributed by atoms with Gasteiger partial charge >= 0.3 is 0 Å². The van der Waals surface area contributed by atoms with Crippen LogP contribution in [-0.2, 0) is 24.0 Å². The van der Waals surface area contributed by atoms with Crippen LogP contribution in [0.5, 0.6) is 0 Å². The Kier molecular flexibility index (Phi) is 5.07. The summed E-state index contributed by atoms with van der Waals surface area (Å²) in [7, 11) is 0. The molecular formula is C17H27N3O. The van der Waals surface area contributed by atoms with Gasteiger partial charge in [-0.05, 0) is 44.4 Å². The van der Waals surface area contributed by atoms with Crippen molar-refractivity contribution in [1.29, 1.82) is 0 Å². The molecule has 116 valence electrons. The van der Waals surface area contributed by atoms with Crippen LogP contribution < -0.4 is 5.32 Å². The van der Waals surface area contributed by atoms with Gasteiger partial charge in [-0.25, -0.2) is 9.97 Å². The van der Waals surface area contributed by atoms with Crippen LogP contribution in [0.2, 0.25) is 0 Å². The van der Waals surface area contributed by atoms with Gasteiger partial charge in [-0.15, -0.1) is 0 Å². The second-order valence-corrected chi connectivity index (χ2v) is 6.33. The molecule has 1 aliphatic carbocycles. The summed E-state index contributed by atoms with van der Waals surface area (Å²) in [5, 5.41) is 3.53. The van der Waals surface area contributed by atoms with E-state index in [2.05, 4.69) is 12.2 Å². The number of anilines is 1. The summed E-state index contributed by atoms with van der Waals surface area (Å²) in [6.07, 6.45) is 9.35. The zero-order chi connectivity index (χ0) is 14.5. The van der Waals surface area contributed by atoms with E-state index in [9.17, 15) is 0 Å². The molecule has 4 nitrogen and oxygen atoms in total. The molecule has 1 saturated heterocycles. The predicted octanol–water partition coefficient (Wildman–Crippen LogP) is 3.15. The lowest BCUT2D eigenvalue weighted by atomic mass is 10.0. The molecule has 1 fully saturated rings. The maximum atomic E-state index is 5.49. The molecule has 0 spiro atoms. The smallest absolute Gasteiger partial charge is 0.133 e. The Morgan fingerprint density at radius 2 is 2.10 bits per heavy atom. The summed E-state index contributed by atoms with van der Waals surface area (Å²) in [6.45, 7) is 4.97. The molecule has 4 heteroatoms. The fourth-order valence-corrected chi connectivity index (χ4v) is 3.31. The lowest BCUT2D eigenvalue weighted by Crippen LogP contribution is -2.14. The number of aryl methyl sites for hydroxylation is 1. The zero-order valence-electron chi connectivity index (χ0n) is 13.2. The molecule has 0 bridgehead atoms. The first-order valence-corrected chi connectivity index (χ1v) is 8.57. The summed E-state index contributed by atoms with van der Waals surface area (Å²) in [5.74, 6) is 2.73. The number of nitrogens with zero attached hydrogens (tertiary/aromatic N) is 2. The molecule has 0 amide bonds. The van der Waals surface area contributed by atoms with E-state index in [-0.39, 0.29) is 0 Å². The highest BCUT2D eigenvalue weighted by molar-refractivity contribution is 5.47. The molecule has 1 N–H and O–H groups in total. The summed E-state index contributed by atoms with van der Waals surface area (Å²) >= 11 is 0. The summed E-state index contributed by atoms with van der Waals surface area (Å²) in [6, 6.07) is 0. The highest BCUT2D eigenvalue weighted by Crippen LogP contribution is 2.26. The van der Waals surface area contributed by atoms with Crippen LogP contribution in [0.25, 0.3) is 0 Å². The maximum absolute atomic E-state index is 5.49. The van der Waals surface area contributed by atoms with Crippen LogP contribution in [-0.4, -0.2) is 29.7 Å². The summed E-state index contributed by atoms with van der Waals surface area (Å²) in [5.41, 5.74) is 2.68. The molecule has 1 aromatic heterocycles. The van der Waals surface area contributed by atoms with Crippen LogP contribution in [0, 0.1) is 5.92 Å². The van der Waals surface area contributed by atoms with Crippen molar-refractivity contribution in [1.82, 2.24) is 9.97 Å². The van der Waals surface area contributed by atoms with Gasteiger partial charge < -0.3 is 10.1 Å². The fraction of sp³-hybridized carbons (Fsp3) is 0.765. The summed E-state index contributed by atoms with van der Waals surface area (Å²) < 4.78 is 5.49. The van der Waals surface area contributed by atoms with Crippen molar-refractivity contribution < 1.29 is 4.74 Å². The van der Waals surface area contributed by atoms with Crippen LogP contribution in [0.15, 0.2) is 0 Å². The fourth-order valence-electron chi connectivity index (χ4n) is 3.31. The second kappa shape index (κ2) is 7.21. The van der Waals surface area contributed by atoms with E-state index in [1.54, 1.807) is 0 Å². The molecule has 3 rings (SSSR count). The van der Waals surface area contributed by atoms with Crippen molar-refractivity contribution in [3.8, 4) is 0 Å². The van der Waals surface area contributed by atoms with E-state index < -0.39 is 0 Å². The van der Waals surface area contributed by atoms with Gasteiger partial charge in [0.05, 0.1) is 0 Å². The molecule has 1 unspecified atom stereocenters. The molecule has 2 aliphatic rings. The third-order valence-electron chi connectivity index (χ3n) is 4.52. The minimum Gasteiger partial charge on any atom is -0.381 e. The molecule has 1 aromatic rings. The zero-order valence-corrected chi connectivity index (χ0v) is 13.2. The third-order valence-corrected chi connectivity index (χ3v) is 4.52. The number of fused-ring (bicyclic) bond motifs is 1. The van der Waals surface area contributed by atoms with Crippen molar-refractivity contribution >= 4 is 5.82 Å². The Labute approximate surface area is 127 Å². The first-order chi connectivity index (χ1) is 10.4. The monoisotopic (exact) mass is 289 g/mol. The van der Waals surface area contributed by atoms with Crippen molar-refractivity contribution in [3.05, 3.63) is 17.1 Å². The van der Waals surface area contributed by atoms with Crippen molar-refractivity contribution in [2.45, 2.75) is 58.3 Å². The molecule has 0 saturated carbocycles. The first-order valence-electron chi connectivity index (χ1n) is 8.57. The lowest BCUT2D eigenvalue weighted by molar-refractivity contribution is 0.185. The van der Waals surface area contributed by atoms with Gasteiger partial charge in [-0.3, -0.25) is 0 Å². The normalized spacial score (nSPS) is 21.9. The van der Waals surface area contributed by atoms with Crippen molar-refractivity contribution in [2.75, 3.05) is 25.1 Å². The molecule has 21 heavy (non-hydrogen) atoms. The highest BCUT2D eigenvalue weighted by Gasteiger charge is 2.21. The third kappa shape index (κ3) is 3.73. The first kappa shape index (κ1) is 14.8. The van der Waals surface area contributed by atoms with E-state index in [0.29, 0.717) is 5.92 Å². The van der Waals surface area contributed by atoms with Gasteiger partial charge in [0.25, 0.3) is 0 Å². The maximum Gasteiger partial charge on any atom is 0.133 e. The highest BCUT2D eigenvalue weighted by atomic mass is 16.5. The van der Waals surface area contributed by atoms with Crippen LogP contribution in [0.1, 0.15) is 56.1 Å². The number of aromatic nitrogens is 2. The second-order valence-electron chi connectivity index (χ2n) is 6.33. The van der Waals surface area contributed by atoms with E-state index in [1.165, 1.54) is 30.5 Å². The topological polar surface area (TPSA) is 47.0 Å². The number of rotatable bonds is 5. The van der Waals surface area contributed by atoms with Gasteiger partial charge in [0.15, 0.2) is 0 Å². The Morgan fingerprint density at radius 1 is 1.19 bits per heavy atom. The Hall–Kier alpha value is -1.16. The molecule has 0 radical (unpaired) electrons. The molecule has 0 aromatic carbocycles. The van der Waals surface area contributed by atoms with Crippen LogP contribution >= 0.6 is 0 Å².